The number of hydrogen-bond donors (Lipinski definition) is 2. The van der Waals surface area contributed by atoms with Gasteiger partial charge in [0.25, 0.3) is 0 Å². The highest BCUT2D eigenvalue weighted by molar-refractivity contribution is 6.30. The number of aliphatic hydroxyl groups is 1. The third kappa shape index (κ3) is 5.39. The highest BCUT2D eigenvalue weighted by Gasteiger charge is 2.20. The molecule has 19 heavy (non-hydrogen) atoms. The maximum absolute atomic E-state index is 8.72. The molecule has 0 amide bonds. The summed E-state index contributed by atoms with van der Waals surface area (Å²) >= 11 is 6.04. The first-order chi connectivity index (χ1) is 9.29. The van der Waals surface area contributed by atoms with Crippen molar-refractivity contribution in [3.05, 3.63) is 28.8 Å². The maximum atomic E-state index is 8.72. The summed E-state index contributed by atoms with van der Waals surface area (Å²) in [7, 11) is 0. The lowest BCUT2D eigenvalue weighted by atomic mass is 10.2. The second-order valence-electron chi connectivity index (χ2n) is 5.04. The van der Waals surface area contributed by atoms with Crippen LogP contribution in [-0.2, 0) is 6.54 Å². The molecular formula is C15H22ClNO2. The Kier molecular flexibility index (Phi) is 5.95. The van der Waals surface area contributed by atoms with E-state index in [0.717, 1.165) is 42.1 Å². The fourth-order valence-electron chi connectivity index (χ4n) is 1.94. The highest BCUT2D eigenvalue weighted by Crippen LogP contribution is 2.25. The summed E-state index contributed by atoms with van der Waals surface area (Å²) in [5.74, 6) is 0.918. The van der Waals surface area contributed by atoms with E-state index in [1.54, 1.807) is 0 Å². The van der Waals surface area contributed by atoms with Gasteiger partial charge in [0.15, 0.2) is 0 Å². The van der Waals surface area contributed by atoms with Gasteiger partial charge in [-0.2, -0.15) is 0 Å². The van der Waals surface area contributed by atoms with Gasteiger partial charge >= 0.3 is 0 Å². The molecule has 0 aromatic heterocycles. The van der Waals surface area contributed by atoms with Crippen LogP contribution in [0, 0.1) is 0 Å². The van der Waals surface area contributed by atoms with Crippen LogP contribution in [0.25, 0.3) is 0 Å². The monoisotopic (exact) mass is 283 g/mol. The largest absolute Gasteiger partial charge is 0.493 e. The molecule has 1 aliphatic rings. The second-order valence-corrected chi connectivity index (χ2v) is 5.48. The Bertz CT molecular complexity index is 394. The van der Waals surface area contributed by atoms with Crippen LogP contribution in [0.15, 0.2) is 18.2 Å². The summed E-state index contributed by atoms with van der Waals surface area (Å²) in [4.78, 5) is 0. The molecule has 1 fully saturated rings. The first kappa shape index (κ1) is 14.6. The Morgan fingerprint density at radius 1 is 1.26 bits per heavy atom. The Hall–Kier alpha value is -0.770. The van der Waals surface area contributed by atoms with Gasteiger partial charge in [0, 0.05) is 29.8 Å². The van der Waals surface area contributed by atoms with Crippen molar-refractivity contribution in [3.63, 3.8) is 0 Å². The van der Waals surface area contributed by atoms with E-state index in [1.807, 2.05) is 18.2 Å². The van der Waals surface area contributed by atoms with Gasteiger partial charge in [-0.25, -0.2) is 0 Å². The first-order valence-corrected chi connectivity index (χ1v) is 7.43. The standard InChI is InChI=1S/C15H22ClNO2/c16-13-4-7-15(19-9-3-1-2-8-18)12(10-13)11-17-14-5-6-14/h4,7,10,14,17-18H,1-3,5-6,8-9,11H2. The lowest BCUT2D eigenvalue weighted by Crippen LogP contribution is -2.16. The molecule has 4 heteroatoms. The number of halogens is 1. The van der Waals surface area contributed by atoms with Crippen molar-refractivity contribution >= 4 is 11.6 Å². The van der Waals surface area contributed by atoms with E-state index in [4.69, 9.17) is 21.4 Å². The number of hydrogen-bond acceptors (Lipinski definition) is 3. The average molecular weight is 284 g/mol. The van der Waals surface area contributed by atoms with Gasteiger partial charge < -0.3 is 15.2 Å². The lowest BCUT2D eigenvalue weighted by molar-refractivity contribution is 0.265. The number of aliphatic hydroxyl groups excluding tert-OH is 1. The maximum Gasteiger partial charge on any atom is 0.123 e. The zero-order valence-electron chi connectivity index (χ0n) is 11.2. The van der Waals surface area contributed by atoms with Crippen LogP contribution in [0.1, 0.15) is 37.7 Å². The molecule has 1 aromatic rings. The average Bonchev–Trinajstić information content (AvgIpc) is 3.22. The summed E-state index contributed by atoms with van der Waals surface area (Å²) < 4.78 is 5.81. The Morgan fingerprint density at radius 2 is 2.11 bits per heavy atom. The minimum atomic E-state index is 0.261. The topological polar surface area (TPSA) is 41.5 Å². The van der Waals surface area contributed by atoms with Crippen molar-refractivity contribution in [1.29, 1.82) is 0 Å². The normalized spacial score (nSPS) is 14.6. The molecule has 1 saturated carbocycles. The van der Waals surface area contributed by atoms with Crippen molar-refractivity contribution in [2.75, 3.05) is 13.2 Å². The smallest absolute Gasteiger partial charge is 0.123 e. The molecule has 2 rings (SSSR count). The van der Waals surface area contributed by atoms with Gasteiger partial charge in [0.2, 0.25) is 0 Å². The molecule has 0 heterocycles. The van der Waals surface area contributed by atoms with Crippen LogP contribution in [0.2, 0.25) is 5.02 Å². The molecule has 0 bridgehead atoms. The van der Waals surface area contributed by atoms with Crippen molar-refractivity contribution in [2.45, 2.75) is 44.7 Å². The SMILES string of the molecule is OCCCCCOc1ccc(Cl)cc1CNC1CC1. The van der Waals surface area contributed by atoms with E-state index in [2.05, 4.69) is 5.32 Å². The third-order valence-electron chi connectivity index (χ3n) is 3.24. The third-order valence-corrected chi connectivity index (χ3v) is 3.48. The molecule has 106 valence electrons. The zero-order chi connectivity index (χ0) is 13.5. The minimum absolute atomic E-state index is 0.261. The van der Waals surface area contributed by atoms with Gasteiger partial charge in [-0.15, -0.1) is 0 Å². The van der Waals surface area contributed by atoms with Gasteiger partial charge in [-0.3, -0.25) is 0 Å². The van der Waals surface area contributed by atoms with E-state index >= 15 is 0 Å². The predicted molar refractivity (Wildman–Crippen MR) is 77.7 cm³/mol. The number of rotatable bonds is 9. The van der Waals surface area contributed by atoms with Crippen LogP contribution in [0.4, 0.5) is 0 Å². The zero-order valence-corrected chi connectivity index (χ0v) is 12.0. The Labute approximate surface area is 119 Å². The predicted octanol–water partition coefficient (Wildman–Crippen LogP) is 3.13. The van der Waals surface area contributed by atoms with E-state index in [0.29, 0.717) is 12.6 Å². The van der Waals surface area contributed by atoms with Crippen molar-refractivity contribution in [3.8, 4) is 5.75 Å². The first-order valence-electron chi connectivity index (χ1n) is 7.05. The molecule has 3 nitrogen and oxygen atoms in total. The molecule has 0 spiro atoms. The quantitative estimate of drug-likeness (QED) is 0.684. The van der Waals surface area contributed by atoms with Gasteiger partial charge in [-0.1, -0.05) is 11.6 Å². The Morgan fingerprint density at radius 3 is 2.84 bits per heavy atom. The highest BCUT2D eigenvalue weighted by atomic mass is 35.5. The fourth-order valence-corrected chi connectivity index (χ4v) is 2.14. The number of ether oxygens (including phenoxy) is 1. The molecule has 0 aliphatic heterocycles. The fraction of sp³-hybridized carbons (Fsp3) is 0.600. The molecule has 0 saturated heterocycles. The van der Waals surface area contributed by atoms with E-state index < -0.39 is 0 Å². The van der Waals surface area contributed by atoms with E-state index in [9.17, 15) is 0 Å². The van der Waals surface area contributed by atoms with Gasteiger partial charge in [-0.05, 0) is 50.3 Å². The molecular weight excluding hydrogens is 262 g/mol. The summed E-state index contributed by atoms with van der Waals surface area (Å²) in [6.07, 6.45) is 5.37. The molecule has 1 aromatic carbocycles. The van der Waals surface area contributed by atoms with Crippen LogP contribution < -0.4 is 10.1 Å². The molecule has 1 aliphatic carbocycles. The number of benzene rings is 1. The molecule has 0 radical (unpaired) electrons. The van der Waals surface area contributed by atoms with E-state index in [-0.39, 0.29) is 6.61 Å². The van der Waals surface area contributed by atoms with Crippen molar-refractivity contribution in [1.82, 2.24) is 5.32 Å². The van der Waals surface area contributed by atoms with Crippen LogP contribution in [0.5, 0.6) is 5.75 Å². The minimum Gasteiger partial charge on any atom is -0.493 e. The second kappa shape index (κ2) is 7.73. The van der Waals surface area contributed by atoms with Crippen LogP contribution >= 0.6 is 11.6 Å². The van der Waals surface area contributed by atoms with Crippen LogP contribution in [-0.4, -0.2) is 24.4 Å². The summed E-state index contributed by atoms with van der Waals surface area (Å²) in [5.41, 5.74) is 1.13. The Balaban J connectivity index is 1.82. The van der Waals surface area contributed by atoms with E-state index in [1.165, 1.54) is 12.8 Å². The number of nitrogens with one attached hydrogen (secondary N) is 1. The summed E-state index contributed by atoms with van der Waals surface area (Å²) in [6.45, 7) is 1.77. The number of unbranched alkanes of at least 4 members (excludes halogenated alkanes) is 2. The summed E-state index contributed by atoms with van der Waals surface area (Å²) in [6, 6.07) is 6.46. The molecule has 0 atom stereocenters. The van der Waals surface area contributed by atoms with Crippen molar-refractivity contribution < 1.29 is 9.84 Å². The van der Waals surface area contributed by atoms with Crippen molar-refractivity contribution in [2.24, 2.45) is 0 Å². The lowest BCUT2D eigenvalue weighted by Gasteiger charge is -2.12. The van der Waals surface area contributed by atoms with Gasteiger partial charge in [0.05, 0.1) is 6.61 Å². The van der Waals surface area contributed by atoms with Crippen LogP contribution in [0.3, 0.4) is 0 Å². The van der Waals surface area contributed by atoms with Gasteiger partial charge in [0.1, 0.15) is 5.75 Å². The molecule has 0 unspecified atom stereocenters. The molecule has 2 N–H and O–H groups in total. The summed E-state index contributed by atoms with van der Waals surface area (Å²) in [5, 5.41) is 13.0.